The van der Waals surface area contributed by atoms with Crippen molar-refractivity contribution in [2.24, 2.45) is 5.92 Å². The van der Waals surface area contributed by atoms with E-state index < -0.39 is 18.1 Å². The van der Waals surface area contributed by atoms with Gasteiger partial charge in [-0.15, -0.1) is 0 Å². The lowest BCUT2D eigenvalue weighted by atomic mass is 9.84. The molecular weight excluding hydrogens is 231 g/mol. The predicted octanol–water partition coefficient (Wildman–Crippen LogP) is 2.86. The second-order valence-corrected chi connectivity index (χ2v) is 4.98. The average Bonchev–Trinajstić information content (AvgIpc) is 2.23. The van der Waals surface area contributed by atoms with Crippen LogP contribution in [-0.2, 0) is 0 Å². The van der Waals surface area contributed by atoms with Crippen LogP contribution in [0.1, 0.15) is 45.4 Å². The third-order valence-corrected chi connectivity index (χ3v) is 3.39. The Bertz CT molecular complexity index is 218. The Morgan fingerprint density at radius 3 is 2.53 bits per heavy atom. The van der Waals surface area contributed by atoms with E-state index in [0.717, 1.165) is 12.8 Å². The van der Waals surface area contributed by atoms with Crippen molar-refractivity contribution in [2.75, 3.05) is 6.54 Å². The molecule has 1 saturated carbocycles. The summed E-state index contributed by atoms with van der Waals surface area (Å²) in [6.07, 6.45) is -0.688. The maximum Gasteiger partial charge on any atom is 0.393 e. The molecule has 0 bridgehead atoms. The Labute approximate surface area is 101 Å². The van der Waals surface area contributed by atoms with Gasteiger partial charge in [0.1, 0.15) is 0 Å². The fourth-order valence-electron chi connectivity index (χ4n) is 2.45. The minimum atomic E-state index is -4.08. The highest BCUT2D eigenvalue weighted by Gasteiger charge is 2.45. The molecule has 1 fully saturated rings. The van der Waals surface area contributed by atoms with Gasteiger partial charge in [0.2, 0.25) is 0 Å². The number of hydrogen-bond acceptors (Lipinski definition) is 2. The molecule has 1 aliphatic carbocycles. The summed E-state index contributed by atoms with van der Waals surface area (Å²) in [5.41, 5.74) is 0. The Morgan fingerprint density at radius 2 is 1.94 bits per heavy atom. The number of hydrogen-bond donors (Lipinski definition) is 2. The zero-order valence-corrected chi connectivity index (χ0v) is 10.3. The largest absolute Gasteiger partial charge is 0.393 e. The van der Waals surface area contributed by atoms with Crippen molar-refractivity contribution in [2.45, 2.75) is 63.8 Å². The molecule has 0 aliphatic heterocycles. The molecule has 102 valence electrons. The van der Waals surface area contributed by atoms with Gasteiger partial charge in [0.25, 0.3) is 0 Å². The first-order chi connectivity index (χ1) is 7.91. The first kappa shape index (κ1) is 14.8. The SMILES string of the molecule is CC(O)CCCNC1CCCCC1C(F)(F)F. The molecule has 0 heterocycles. The van der Waals surface area contributed by atoms with Gasteiger partial charge in [0.05, 0.1) is 12.0 Å². The molecule has 5 heteroatoms. The molecule has 3 atom stereocenters. The first-order valence-corrected chi connectivity index (χ1v) is 6.39. The molecule has 0 aromatic carbocycles. The molecule has 0 aromatic rings. The minimum absolute atomic E-state index is 0.248. The molecule has 3 unspecified atom stereocenters. The van der Waals surface area contributed by atoms with E-state index in [4.69, 9.17) is 5.11 Å². The number of rotatable bonds is 5. The zero-order valence-electron chi connectivity index (χ0n) is 10.3. The van der Waals surface area contributed by atoms with Gasteiger partial charge in [-0.05, 0) is 39.2 Å². The third-order valence-electron chi connectivity index (χ3n) is 3.39. The lowest BCUT2D eigenvalue weighted by molar-refractivity contribution is -0.188. The predicted molar refractivity (Wildman–Crippen MR) is 60.7 cm³/mol. The van der Waals surface area contributed by atoms with E-state index in [1.165, 1.54) is 0 Å². The van der Waals surface area contributed by atoms with E-state index in [9.17, 15) is 13.2 Å². The van der Waals surface area contributed by atoms with Gasteiger partial charge < -0.3 is 10.4 Å². The van der Waals surface area contributed by atoms with Gasteiger partial charge in [-0.3, -0.25) is 0 Å². The third kappa shape index (κ3) is 5.25. The number of nitrogens with one attached hydrogen (secondary N) is 1. The fourth-order valence-corrected chi connectivity index (χ4v) is 2.45. The monoisotopic (exact) mass is 253 g/mol. The Kier molecular flexibility index (Phi) is 5.73. The van der Waals surface area contributed by atoms with Crippen molar-refractivity contribution in [3.63, 3.8) is 0 Å². The summed E-state index contributed by atoms with van der Waals surface area (Å²) in [6, 6.07) is -0.433. The molecule has 2 N–H and O–H groups in total. The highest BCUT2D eigenvalue weighted by molar-refractivity contribution is 4.85. The molecule has 0 saturated heterocycles. The number of aliphatic hydroxyl groups excluding tert-OH is 1. The van der Waals surface area contributed by atoms with Gasteiger partial charge in [0.15, 0.2) is 0 Å². The van der Waals surface area contributed by atoms with E-state index in [-0.39, 0.29) is 12.5 Å². The van der Waals surface area contributed by atoms with Crippen LogP contribution < -0.4 is 5.32 Å². The van der Waals surface area contributed by atoms with Crippen molar-refractivity contribution < 1.29 is 18.3 Å². The lowest BCUT2D eigenvalue weighted by Crippen LogP contribution is -2.45. The number of halogens is 3. The first-order valence-electron chi connectivity index (χ1n) is 6.39. The van der Waals surface area contributed by atoms with Crippen LogP contribution in [0.5, 0.6) is 0 Å². The second-order valence-electron chi connectivity index (χ2n) is 4.98. The topological polar surface area (TPSA) is 32.3 Å². The van der Waals surface area contributed by atoms with Crippen LogP contribution >= 0.6 is 0 Å². The lowest BCUT2D eigenvalue weighted by Gasteiger charge is -2.33. The molecular formula is C12H22F3NO. The highest BCUT2D eigenvalue weighted by atomic mass is 19.4. The summed E-state index contributed by atoms with van der Waals surface area (Å²) in [7, 11) is 0. The summed E-state index contributed by atoms with van der Waals surface area (Å²) in [5.74, 6) is -1.19. The van der Waals surface area contributed by atoms with Crippen LogP contribution in [0.25, 0.3) is 0 Å². The van der Waals surface area contributed by atoms with Gasteiger partial charge in [-0.25, -0.2) is 0 Å². The van der Waals surface area contributed by atoms with E-state index in [2.05, 4.69) is 5.32 Å². The fraction of sp³-hybridized carbons (Fsp3) is 1.00. The van der Waals surface area contributed by atoms with E-state index in [0.29, 0.717) is 25.8 Å². The summed E-state index contributed by atoms with van der Waals surface area (Å²) in [6.45, 7) is 2.25. The van der Waals surface area contributed by atoms with Crippen molar-refractivity contribution in [3.8, 4) is 0 Å². The Hall–Kier alpha value is -0.290. The van der Waals surface area contributed by atoms with E-state index in [1.54, 1.807) is 6.92 Å². The van der Waals surface area contributed by atoms with Gasteiger partial charge >= 0.3 is 6.18 Å². The minimum Gasteiger partial charge on any atom is -0.393 e. The Morgan fingerprint density at radius 1 is 1.29 bits per heavy atom. The van der Waals surface area contributed by atoms with Gasteiger partial charge in [-0.2, -0.15) is 13.2 Å². The van der Waals surface area contributed by atoms with Gasteiger partial charge in [-0.1, -0.05) is 12.8 Å². The average molecular weight is 253 g/mol. The normalized spacial score (nSPS) is 28.1. The molecule has 0 radical (unpaired) electrons. The molecule has 1 rings (SSSR count). The van der Waals surface area contributed by atoms with Crippen LogP contribution in [-0.4, -0.2) is 30.0 Å². The highest BCUT2D eigenvalue weighted by Crippen LogP contribution is 2.37. The van der Waals surface area contributed by atoms with Crippen LogP contribution in [0.3, 0.4) is 0 Å². The molecule has 2 nitrogen and oxygen atoms in total. The van der Waals surface area contributed by atoms with Crippen molar-refractivity contribution in [1.29, 1.82) is 0 Å². The van der Waals surface area contributed by atoms with Crippen molar-refractivity contribution in [1.82, 2.24) is 5.32 Å². The van der Waals surface area contributed by atoms with Crippen LogP contribution in [0.15, 0.2) is 0 Å². The standard InChI is InChI=1S/C12H22F3NO/c1-9(17)5-4-8-16-11-7-3-2-6-10(11)12(13,14)15/h9-11,16-17H,2-8H2,1H3. The van der Waals surface area contributed by atoms with Crippen molar-refractivity contribution >= 4 is 0 Å². The van der Waals surface area contributed by atoms with Crippen LogP contribution in [0.4, 0.5) is 13.2 Å². The second kappa shape index (κ2) is 6.59. The smallest absolute Gasteiger partial charge is 0.393 e. The molecule has 0 amide bonds. The quantitative estimate of drug-likeness (QED) is 0.738. The van der Waals surface area contributed by atoms with Crippen LogP contribution in [0, 0.1) is 5.92 Å². The maximum atomic E-state index is 12.7. The number of aliphatic hydroxyl groups is 1. The van der Waals surface area contributed by atoms with E-state index in [1.807, 2.05) is 0 Å². The van der Waals surface area contributed by atoms with Gasteiger partial charge in [0, 0.05) is 6.04 Å². The summed E-state index contributed by atoms with van der Waals surface area (Å²) in [5, 5.41) is 12.1. The zero-order chi connectivity index (χ0) is 12.9. The molecule has 0 spiro atoms. The summed E-state index contributed by atoms with van der Waals surface area (Å²) < 4.78 is 38.2. The summed E-state index contributed by atoms with van der Waals surface area (Å²) >= 11 is 0. The van der Waals surface area contributed by atoms with Crippen molar-refractivity contribution in [3.05, 3.63) is 0 Å². The molecule has 0 aromatic heterocycles. The summed E-state index contributed by atoms with van der Waals surface area (Å²) in [4.78, 5) is 0. The number of alkyl halides is 3. The Balaban J connectivity index is 2.33. The maximum absolute atomic E-state index is 12.7. The van der Waals surface area contributed by atoms with E-state index >= 15 is 0 Å². The van der Waals surface area contributed by atoms with Crippen LogP contribution in [0.2, 0.25) is 0 Å². The molecule has 1 aliphatic rings. The molecule has 17 heavy (non-hydrogen) atoms.